The van der Waals surface area contributed by atoms with Crippen LogP contribution < -0.4 is 5.32 Å². The van der Waals surface area contributed by atoms with Gasteiger partial charge < -0.3 is 10.2 Å². The Balaban J connectivity index is 1.67. The van der Waals surface area contributed by atoms with Crippen LogP contribution in [-0.2, 0) is 9.84 Å². The Hall–Kier alpha value is -2.48. The molecule has 0 spiro atoms. The first-order chi connectivity index (χ1) is 11.4. The molecule has 8 heteroatoms. The Labute approximate surface area is 140 Å². The van der Waals surface area contributed by atoms with Gasteiger partial charge >= 0.3 is 0 Å². The van der Waals surface area contributed by atoms with Gasteiger partial charge in [0.15, 0.2) is 9.84 Å². The first-order valence-corrected chi connectivity index (χ1v) is 9.38. The van der Waals surface area contributed by atoms with Crippen LogP contribution in [0.25, 0.3) is 0 Å². The highest BCUT2D eigenvalue weighted by Crippen LogP contribution is 2.18. The molecule has 0 saturated carbocycles. The van der Waals surface area contributed by atoms with Gasteiger partial charge in [-0.1, -0.05) is 18.2 Å². The molecule has 0 bridgehead atoms. The van der Waals surface area contributed by atoms with Crippen molar-refractivity contribution in [3.05, 3.63) is 48.4 Å². The van der Waals surface area contributed by atoms with E-state index in [0.29, 0.717) is 12.2 Å². The molecule has 3 rings (SSSR count). The van der Waals surface area contributed by atoms with Crippen LogP contribution in [0.5, 0.6) is 0 Å². The normalized spacial score (nSPS) is 19.0. The highest BCUT2D eigenvalue weighted by atomic mass is 32.2. The maximum absolute atomic E-state index is 12.4. The van der Waals surface area contributed by atoms with E-state index in [0.717, 1.165) is 5.69 Å². The summed E-state index contributed by atoms with van der Waals surface area (Å²) in [6.45, 7) is 0. The summed E-state index contributed by atoms with van der Waals surface area (Å²) in [5, 5.41) is 3.09. The maximum Gasteiger partial charge on any atom is 0.274 e. The van der Waals surface area contributed by atoms with E-state index in [1.807, 2.05) is 30.3 Å². The van der Waals surface area contributed by atoms with Crippen molar-refractivity contribution in [2.45, 2.75) is 12.5 Å². The number of anilines is 2. The highest BCUT2D eigenvalue weighted by molar-refractivity contribution is 7.91. The average molecular weight is 346 g/mol. The molecule has 1 unspecified atom stereocenters. The molecule has 1 aromatic carbocycles. The zero-order valence-corrected chi connectivity index (χ0v) is 14.0. The summed E-state index contributed by atoms with van der Waals surface area (Å²) in [4.78, 5) is 22.2. The molecule has 24 heavy (non-hydrogen) atoms. The van der Waals surface area contributed by atoms with Crippen molar-refractivity contribution in [3.63, 3.8) is 0 Å². The second-order valence-corrected chi connectivity index (χ2v) is 7.98. The molecule has 1 aliphatic rings. The van der Waals surface area contributed by atoms with Crippen molar-refractivity contribution in [1.29, 1.82) is 0 Å². The number of nitrogens with one attached hydrogen (secondary N) is 1. The molecule has 2 heterocycles. The van der Waals surface area contributed by atoms with Crippen LogP contribution in [0.2, 0.25) is 0 Å². The molecular formula is C16H18N4O3S. The van der Waals surface area contributed by atoms with Crippen LogP contribution in [0.15, 0.2) is 42.7 Å². The Morgan fingerprint density at radius 2 is 1.96 bits per heavy atom. The monoisotopic (exact) mass is 346 g/mol. The Kier molecular flexibility index (Phi) is 4.48. The van der Waals surface area contributed by atoms with Gasteiger partial charge in [-0.05, 0) is 18.6 Å². The van der Waals surface area contributed by atoms with E-state index in [9.17, 15) is 13.2 Å². The number of hydrogen-bond donors (Lipinski definition) is 1. The Bertz CT molecular complexity index is 822. The summed E-state index contributed by atoms with van der Waals surface area (Å²) in [5.74, 6) is 0.344. The number of para-hydroxylation sites is 1. The lowest BCUT2D eigenvalue weighted by Crippen LogP contribution is -2.38. The van der Waals surface area contributed by atoms with E-state index in [4.69, 9.17) is 0 Å². The number of amides is 1. The lowest BCUT2D eigenvalue weighted by molar-refractivity contribution is 0.0741. The molecule has 0 aliphatic carbocycles. The Morgan fingerprint density at radius 3 is 2.54 bits per heavy atom. The minimum atomic E-state index is -3.04. The predicted octanol–water partition coefficient (Wildman–Crippen LogP) is 1.48. The van der Waals surface area contributed by atoms with E-state index in [-0.39, 0.29) is 29.1 Å². The molecule has 0 radical (unpaired) electrons. The lowest BCUT2D eigenvalue weighted by atomic mass is 10.2. The van der Waals surface area contributed by atoms with Crippen molar-refractivity contribution >= 4 is 27.2 Å². The van der Waals surface area contributed by atoms with E-state index >= 15 is 0 Å². The van der Waals surface area contributed by atoms with Crippen molar-refractivity contribution in [1.82, 2.24) is 14.9 Å². The standard InChI is InChI=1S/C16H18N4O3S/c1-20(13-7-8-24(22,23)11-13)16(21)14-9-18-15(10-17-14)19-12-5-3-2-4-6-12/h2-6,9-10,13H,7-8,11H2,1H3,(H,18,19). The predicted molar refractivity (Wildman–Crippen MR) is 90.9 cm³/mol. The molecule has 1 N–H and O–H groups in total. The molecule has 1 saturated heterocycles. The van der Waals surface area contributed by atoms with Gasteiger partial charge in [0.05, 0.1) is 23.9 Å². The van der Waals surface area contributed by atoms with Crippen LogP contribution in [-0.4, -0.2) is 53.8 Å². The average Bonchev–Trinajstić information content (AvgIpc) is 2.95. The summed E-state index contributed by atoms with van der Waals surface area (Å²) in [5.41, 5.74) is 1.07. The quantitative estimate of drug-likeness (QED) is 0.901. The molecule has 126 valence electrons. The fourth-order valence-electron chi connectivity index (χ4n) is 2.60. The van der Waals surface area contributed by atoms with Gasteiger partial charge in [0.2, 0.25) is 0 Å². The summed E-state index contributed by atoms with van der Waals surface area (Å²) in [6.07, 6.45) is 3.35. The molecule has 1 amide bonds. The number of aromatic nitrogens is 2. The topological polar surface area (TPSA) is 92.3 Å². The summed E-state index contributed by atoms with van der Waals surface area (Å²) < 4.78 is 23.1. The van der Waals surface area contributed by atoms with E-state index in [2.05, 4.69) is 15.3 Å². The molecule has 1 aromatic heterocycles. The van der Waals surface area contributed by atoms with Crippen molar-refractivity contribution in [2.75, 3.05) is 23.9 Å². The zero-order chi connectivity index (χ0) is 17.2. The summed E-state index contributed by atoms with van der Waals surface area (Å²) >= 11 is 0. The second kappa shape index (κ2) is 6.56. The SMILES string of the molecule is CN(C(=O)c1cnc(Nc2ccccc2)cn1)C1CCS(=O)(=O)C1. The number of hydrogen-bond acceptors (Lipinski definition) is 6. The van der Waals surface area contributed by atoms with E-state index in [1.54, 1.807) is 7.05 Å². The van der Waals surface area contributed by atoms with Gasteiger partial charge in [0, 0.05) is 18.8 Å². The number of carbonyl (C=O) groups is 1. The number of sulfone groups is 1. The number of nitrogens with zero attached hydrogens (tertiary/aromatic N) is 3. The second-order valence-electron chi connectivity index (χ2n) is 5.75. The third-order valence-corrected chi connectivity index (χ3v) is 5.74. The van der Waals surface area contributed by atoms with Crippen LogP contribution in [0.3, 0.4) is 0 Å². The van der Waals surface area contributed by atoms with Gasteiger partial charge in [-0.15, -0.1) is 0 Å². The molecule has 1 aliphatic heterocycles. The van der Waals surface area contributed by atoms with E-state index in [1.165, 1.54) is 17.3 Å². The van der Waals surface area contributed by atoms with E-state index < -0.39 is 9.84 Å². The van der Waals surface area contributed by atoms with Gasteiger partial charge in [0.1, 0.15) is 11.5 Å². The fraction of sp³-hybridized carbons (Fsp3) is 0.312. The van der Waals surface area contributed by atoms with Gasteiger partial charge in [-0.3, -0.25) is 4.79 Å². The number of benzene rings is 1. The molecule has 1 atom stereocenters. The van der Waals surface area contributed by atoms with Crippen LogP contribution in [0.4, 0.5) is 11.5 Å². The van der Waals surface area contributed by atoms with Crippen molar-refractivity contribution < 1.29 is 13.2 Å². The number of rotatable bonds is 4. The molecule has 7 nitrogen and oxygen atoms in total. The van der Waals surface area contributed by atoms with Gasteiger partial charge in [-0.25, -0.2) is 18.4 Å². The zero-order valence-electron chi connectivity index (χ0n) is 13.2. The van der Waals surface area contributed by atoms with Crippen molar-refractivity contribution in [2.24, 2.45) is 0 Å². The highest BCUT2D eigenvalue weighted by Gasteiger charge is 2.33. The van der Waals surface area contributed by atoms with Crippen molar-refractivity contribution in [3.8, 4) is 0 Å². The third kappa shape index (κ3) is 3.70. The smallest absolute Gasteiger partial charge is 0.274 e. The molecular weight excluding hydrogens is 328 g/mol. The minimum absolute atomic E-state index is 0.0102. The van der Waals surface area contributed by atoms with Crippen LogP contribution >= 0.6 is 0 Å². The first kappa shape index (κ1) is 16.4. The lowest BCUT2D eigenvalue weighted by Gasteiger charge is -2.22. The minimum Gasteiger partial charge on any atom is -0.339 e. The third-order valence-electron chi connectivity index (χ3n) is 3.99. The Morgan fingerprint density at radius 1 is 1.21 bits per heavy atom. The maximum atomic E-state index is 12.4. The van der Waals surface area contributed by atoms with Crippen LogP contribution in [0.1, 0.15) is 16.9 Å². The molecule has 2 aromatic rings. The van der Waals surface area contributed by atoms with Gasteiger partial charge in [-0.2, -0.15) is 0 Å². The summed E-state index contributed by atoms with van der Waals surface area (Å²) in [6, 6.07) is 9.21. The van der Waals surface area contributed by atoms with Crippen LogP contribution in [0, 0.1) is 0 Å². The largest absolute Gasteiger partial charge is 0.339 e. The fourth-order valence-corrected chi connectivity index (χ4v) is 4.37. The summed E-state index contributed by atoms with van der Waals surface area (Å²) in [7, 11) is -1.43. The first-order valence-electron chi connectivity index (χ1n) is 7.56. The molecule has 1 fully saturated rings. The van der Waals surface area contributed by atoms with Gasteiger partial charge in [0.25, 0.3) is 5.91 Å². The number of carbonyl (C=O) groups excluding carboxylic acids is 1.